The minimum Gasteiger partial charge on any atom is -0.391 e. The summed E-state index contributed by atoms with van der Waals surface area (Å²) in [4.78, 5) is 17.9. The third kappa shape index (κ3) is 2.74. The molecule has 5 nitrogen and oxygen atoms in total. The van der Waals surface area contributed by atoms with E-state index >= 15 is 0 Å². The molecule has 1 saturated heterocycles. The fourth-order valence-corrected chi connectivity index (χ4v) is 2.00. The largest absolute Gasteiger partial charge is 0.391 e. The van der Waals surface area contributed by atoms with Gasteiger partial charge in [-0.3, -0.25) is 9.78 Å². The Morgan fingerprint density at radius 3 is 3.18 bits per heavy atom. The van der Waals surface area contributed by atoms with Crippen molar-refractivity contribution in [3.8, 4) is 0 Å². The highest BCUT2D eigenvalue weighted by Crippen LogP contribution is 2.14. The van der Waals surface area contributed by atoms with Gasteiger partial charge in [0.15, 0.2) is 0 Å². The van der Waals surface area contributed by atoms with Crippen LogP contribution in [-0.4, -0.2) is 47.1 Å². The number of hydrogen-bond donors (Lipinski definition) is 2. The van der Waals surface area contributed by atoms with Gasteiger partial charge in [-0.1, -0.05) is 0 Å². The predicted molar refractivity (Wildman–Crippen MR) is 64.9 cm³/mol. The summed E-state index contributed by atoms with van der Waals surface area (Å²) in [6.07, 6.45) is 2.83. The van der Waals surface area contributed by atoms with Gasteiger partial charge in [-0.15, -0.1) is 0 Å². The normalized spacial score (nSPS) is 20.1. The maximum absolute atomic E-state index is 12.1. The molecular weight excluding hydrogens is 218 g/mol. The molecule has 1 atom stereocenters. The van der Waals surface area contributed by atoms with Crippen molar-refractivity contribution >= 4 is 11.6 Å². The second-order valence-corrected chi connectivity index (χ2v) is 4.23. The van der Waals surface area contributed by atoms with E-state index in [-0.39, 0.29) is 5.91 Å². The summed E-state index contributed by atoms with van der Waals surface area (Å²) in [5.74, 6) is -0.110. The van der Waals surface area contributed by atoms with E-state index in [0.29, 0.717) is 18.8 Å². The zero-order valence-corrected chi connectivity index (χ0v) is 9.89. The molecule has 0 radical (unpaired) electrons. The highest BCUT2D eigenvalue weighted by molar-refractivity contribution is 5.93. The lowest BCUT2D eigenvalue weighted by Crippen LogP contribution is -2.42. The van der Waals surface area contributed by atoms with E-state index in [9.17, 15) is 9.90 Å². The summed E-state index contributed by atoms with van der Waals surface area (Å²) in [6.45, 7) is 1.10. The average molecular weight is 235 g/mol. The van der Waals surface area contributed by atoms with Crippen molar-refractivity contribution in [1.82, 2.24) is 9.88 Å². The van der Waals surface area contributed by atoms with Crippen LogP contribution in [-0.2, 0) is 0 Å². The monoisotopic (exact) mass is 235 g/mol. The van der Waals surface area contributed by atoms with Gasteiger partial charge >= 0.3 is 0 Å². The zero-order chi connectivity index (χ0) is 12.3. The van der Waals surface area contributed by atoms with E-state index < -0.39 is 6.10 Å². The number of carbonyl (C=O) groups is 1. The van der Waals surface area contributed by atoms with Crippen LogP contribution < -0.4 is 5.32 Å². The maximum atomic E-state index is 12.1. The molecular formula is C12H17N3O2. The molecule has 2 N–H and O–H groups in total. The number of amides is 1. The fraction of sp³-hybridized carbons (Fsp3) is 0.500. The first-order valence-corrected chi connectivity index (χ1v) is 5.82. The Bertz CT molecular complexity index is 408. The first-order chi connectivity index (χ1) is 8.20. The summed E-state index contributed by atoms with van der Waals surface area (Å²) in [5.41, 5.74) is 1.28. The van der Waals surface area contributed by atoms with E-state index in [1.165, 1.54) is 0 Å². The van der Waals surface area contributed by atoms with Gasteiger partial charge < -0.3 is 15.3 Å². The van der Waals surface area contributed by atoms with Crippen molar-refractivity contribution in [2.24, 2.45) is 0 Å². The molecule has 2 rings (SSSR count). The number of hydrogen-bond acceptors (Lipinski definition) is 4. The number of piperidine rings is 1. The Morgan fingerprint density at radius 2 is 2.47 bits per heavy atom. The number of nitrogens with one attached hydrogen (secondary N) is 1. The van der Waals surface area contributed by atoms with Crippen LogP contribution in [0.3, 0.4) is 0 Å². The SMILES string of the molecule is CNc1ccnc(C(=O)N2CCCC(O)C2)c1. The molecule has 1 aromatic heterocycles. The molecule has 1 amide bonds. The van der Waals surface area contributed by atoms with Crippen LogP contribution in [0.5, 0.6) is 0 Å². The molecule has 1 unspecified atom stereocenters. The Kier molecular flexibility index (Phi) is 3.58. The van der Waals surface area contributed by atoms with Crippen molar-refractivity contribution in [3.05, 3.63) is 24.0 Å². The molecule has 1 aliphatic heterocycles. The lowest BCUT2D eigenvalue weighted by Gasteiger charge is -2.29. The molecule has 17 heavy (non-hydrogen) atoms. The number of rotatable bonds is 2. The summed E-state index contributed by atoms with van der Waals surface area (Å²) >= 11 is 0. The summed E-state index contributed by atoms with van der Waals surface area (Å²) < 4.78 is 0. The molecule has 0 aromatic carbocycles. The Balaban J connectivity index is 2.12. The van der Waals surface area contributed by atoms with E-state index in [1.807, 2.05) is 6.07 Å². The number of β-amino-alcohol motifs (C(OH)–C–C–N with tert-alkyl or cyclic N) is 1. The van der Waals surface area contributed by atoms with Crippen molar-refractivity contribution in [2.45, 2.75) is 18.9 Å². The Morgan fingerprint density at radius 1 is 1.65 bits per heavy atom. The topological polar surface area (TPSA) is 65.5 Å². The van der Waals surface area contributed by atoms with Crippen LogP contribution >= 0.6 is 0 Å². The van der Waals surface area contributed by atoms with Crippen LogP contribution in [0.25, 0.3) is 0 Å². The Hall–Kier alpha value is -1.62. The number of aromatic nitrogens is 1. The fourth-order valence-electron chi connectivity index (χ4n) is 2.00. The van der Waals surface area contributed by atoms with Crippen molar-refractivity contribution < 1.29 is 9.90 Å². The highest BCUT2D eigenvalue weighted by atomic mass is 16.3. The third-order valence-corrected chi connectivity index (χ3v) is 2.95. The summed E-state index contributed by atoms with van der Waals surface area (Å²) in [6, 6.07) is 3.53. The van der Waals surface area contributed by atoms with Crippen molar-refractivity contribution in [1.29, 1.82) is 0 Å². The molecule has 1 aromatic rings. The predicted octanol–water partition coefficient (Wildman–Crippen LogP) is 0.720. The van der Waals surface area contributed by atoms with Crippen molar-refractivity contribution in [2.75, 3.05) is 25.5 Å². The smallest absolute Gasteiger partial charge is 0.272 e. The van der Waals surface area contributed by atoms with E-state index in [0.717, 1.165) is 18.5 Å². The molecule has 0 aliphatic carbocycles. The summed E-state index contributed by atoms with van der Waals surface area (Å²) in [7, 11) is 1.80. The van der Waals surface area contributed by atoms with Crippen LogP contribution in [0.2, 0.25) is 0 Å². The number of likely N-dealkylation sites (tertiary alicyclic amines) is 1. The number of aliphatic hydroxyl groups excluding tert-OH is 1. The molecule has 1 aliphatic rings. The zero-order valence-electron chi connectivity index (χ0n) is 9.89. The lowest BCUT2D eigenvalue weighted by atomic mass is 10.1. The molecule has 0 saturated carbocycles. The standard InChI is InChI=1S/C12H17N3O2/c1-13-9-4-5-14-11(7-9)12(17)15-6-2-3-10(16)8-15/h4-5,7,10,16H,2-3,6,8H2,1H3,(H,13,14). The molecule has 92 valence electrons. The minimum absolute atomic E-state index is 0.110. The number of aliphatic hydroxyl groups is 1. The molecule has 5 heteroatoms. The molecule has 0 bridgehead atoms. The number of pyridine rings is 1. The molecule has 1 fully saturated rings. The van der Waals surface area contributed by atoms with Crippen LogP contribution in [0.15, 0.2) is 18.3 Å². The number of nitrogens with zero attached hydrogens (tertiary/aromatic N) is 2. The maximum Gasteiger partial charge on any atom is 0.272 e. The van der Waals surface area contributed by atoms with Gasteiger partial charge in [-0.2, -0.15) is 0 Å². The van der Waals surface area contributed by atoms with Gasteiger partial charge in [0, 0.05) is 32.0 Å². The van der Waals surface area contributed by atoms with Gasteiger partial charge in [-0.25, -0.2) is 0 Å². The number of anilines is 1. The van der Waals surface area contributed by atoms with E-state index in [1.54, 1.807) is 24.2 Å². The average Bonchev–Trinajstić information content (AvgIpc) is 2.38. The first kappa shape index (κ1) is 11.9. The van der Waals surface area contributed by atoms with Gasteiger partial charge in [0.2, 0.25) is 0 Å². The van der Waals surface area contributed by atoms with Crippen LogP contribution in [0, 0.1) is 0 Å². The van der Waals surface area contributed by atoms with Crippen molar-refractivity contribution in [3.63, 3.8) is 0 Å². The second-order valence-electron chi connectivity index (χ2n) is 4.23. The first-order valence-electron chi connectivity index (χ1n) is 5.82. The lowest BCUT2D eigenvalue weighted by molar-refractivity contribution is 0.0469. The second kappa shape index (κ2) is 5.14. The van der Waals surface area contributed by atoms with Crippen LogP contribution in [0.4, 0.5) is 5.69 Å². The highest BCUT2D eigenvalue weighted by Gasteiger charge is 2.23. The van der Waals surface area contributed by atoms with Gasteiger partial charge in [0.1, 0.15) is 5.69 Å². The van der Waals surface area contributed by atoms with E-state index in [2.05, 4.69) is 10.3 Å². The van der Waals surface area contributed by atoms with Gasteiger partial charge in [-0.05, 0) is 25.0 Å². The third-order valence-electron chi connectivity index (χ3n) is 2.95. The minimum atomic E-state index is -0.403. The number of carbonyl (C=O) groups excluding carboxylic acids is 1. The molecule has 0 spiro atoms. The Labute approximate surface area is 100 Å². The molecule has 2 heterocycles. The quantitative estimate of drug-likeness (QED) is 0.792. The van der Waals surface area contributed by atoms with Gasteiger partial charge in [0.25, 0.3) is 5.91 Å². The summed E-state index contributed by atoms with van der Waals surface area (Å²) in [5, 5.41) is 12.5. The van der Waals surface area contributed by atoms with E-state index in [4.69, 9.17) is 0 Å². The van der Waals surface area contributed by atoms with Gasteiger partial charge in [0.05, 0.1) is 6.10 Å². The van der Waals surface area contributed by atoms with Crippen LogP contribution in [0.1, 0.15) is 23.3 Å².